The number of piperidine rings is 1. The largest absolute Gasteiger partial charge is 0.497 e. The second kappa shape index (κ2) is 8.49. The molecule has 28 heavy (non-hydrogen) atoms. The zero-order valence-corrected chi connectivity index (χ0v) is 17.3. The van der Waals surface area contributed by atoms with Gasteiger partial charge in [-0.15, -0.1) is 11.3 Å². The number of ether oxygens (including phenoxy) is 2. The van der Waals surface area contributed by atoms with E-state index in [9.17, 15) is 4.79 Å². The van der Waals surface area contributed by atoms with E-state index in [0.29, 0.717) is 6.61 Å². The van der Waals surface area contributed by atoms with Crippen molar-refractivity contribution in [3.8, 4) is 11.5 Å². The summed E-state index contributed by atoms with van der Waals surface area (Å²) in [6.07, 6.45) is 2.57. The van der Waals surface area contributed by atoms with Crippen LogP contribution in [0.5, 0.6) is 11.5 Å². The second-order valence-corrected chi connectivity index (χ2v) is 8.57. The number of benzene rings is 1. The Bertz CT molecular complexity index is 830. The third kappa shape index (κ3) is 4.31. The Morgan fingerprint density at radius 1 is 1.36 bits per heavy atom. The van der Waals surface area contributed by atoms with Crippen molar-refractivity contribution >= 4 is 17.2 Å². The number of amides is 1. The number of aromatic nitrogens is 1. The molecule has 2 aliphatic heterocycles. The number of rotatable bonds is 5. The van der Waals surface area contributed by atoms with Crippen LogP contribution in [-0.2, 0) is 11.3 Å². The van der Waals surface area contributed by atoms with E-state index in [1.807, 2.05) is 25.1 Å². The Morgan fingerprint density at radius 2 is 2.18 bits per heavy atom. The molecule has 1 N–H and O–H groups in total. The zero-order chi connectivity index (χ0) is 19.5. The molecule has 7 heteroatoms. The SMILES string of the molecule is COc1ccc2c(c1)[C@@H](NC(=O)C1CCN(Cc3csc(C)n3)CC1)CCO2. The molecule has 0 radical (unpaired) electrons. The lowest BCUT2D eigenvalue weighted by atomic mass is 9.94. The fraction of sp³-hybridized carbons (Fsp3) is 0.524. The molecule has 1 saturated heterocycles. The summed E-state index contributed by atoms with van der Waals surface area (Å²) < 4.78 is 11.1. The van der Waals surface area contributed by atoms with Crippen molar-refractivity contribution in [2.24, 2.45) is 5.92 Å². The molecule has 1 aromatic carbocycles. The number of fused-ring (bicyclic) bond motifs is 1. The minimum atomic E-state index is -0.0117. The first-order valence-electron chi connectivity index (χ1n) is 9.87. The summed E-state index contributed by atoms with van der Waals surface area (Å²) >= 11 is 1.69. The van der Waals surface area contributed by atoms with E-state index in [4.69, 9.17) is 9.47 Å². The first kappa shape index (κ1) is 19.2. The zero-order valence-electron chi connectivity index (χ0n) is 16.4. The van der Waals surface area contributed by atoms with E-state index in [2.05, 4.69) is 20.6 Å². The molecule has 1 amide bonds. The predicted molar refractivity (Wildman–Crippen MR) is 109 cm³/mol. The molecule has 1 aromatic heterocycles. The number of thiazole rings is 1. The van der Waals surface area contributed by atoms with Crippen LogP contribution >= 0.6 is 11.3 Å². The highest BCUT2D eigenvalue weighted by molar-refractivity contribution is 7.09. The average Bonchev–Trinajstić information content (AvgIpc) is 3.13. The van der Waals surface area contributed by atoms with E-state index >= 15 is 0 Å². The molecular formula is C21H27N3O3S. The monoisotopic (exact) mass is 401 g/mol. The van der Waals surface area contributed by atoms with Gasteiger partial charge in [0.1, 0.15) is 11.5 Å². The van der Waals surface area contributed by atoms with Crippen molar-refractivity contribution < 1.29 is 14.3 Å². The van der Waals surface area contributed by atoms with Crippen LogP contribution < -0.4 is 14.8 Å². The van der Waals surface area contributed by atoms with E-state index < -0.39 is 0 Å². The topological polar surface area (TPSA) is 63.7 Å². The normalized spacial score (nSPS) is 20.3. The van der Waals surface area contributed by atoms with Gasteiger partial charge in [0.2, 0.25) is 5.91 Å². The molecule has 6 nitrogen and oxygen atoms in total. The lowest BCUT2D eigenvalue weighted by Crippen LogP contribution is -2.42. The maximum atomic E-state index is 12.9. The fourth-order valence-corrected chi connectivity index (χ4v) is 4.61. The summed E-state index contributed by atoms with van der Waals surface area (Å²) in [6, 6.07) is 5.77. The Kier molecular flexibility index (Phi) is 5.82. The predicted octanol–water partition coefficient (Wildman–Crippen LogP) is 3.31. The molecule has 0 saturated carbocycles. The highest BCUT2D eigenvalue weighted by Crippen LogP contribution is 2.35. The van der Waals surface area contributed by atoms with Crippen LogP contribution in [0.15, 0.2) is 23.6 Å². The maximum Gasteiger partial charge on any atom is 0.223 e. The molecule has 0 unspecified atom stereocenters. The minimum absolute atomic E-state index is 0.0117. The third-order valence-corrected chi connectivity index (χ3v) is 6.41. The van der Waals surface area contributed by atoms with Gasteiger partial charge in [-0.25, -0.2) is 4.98 Å². The van der Waals surface area contributed by atoms with Gasteiger partial charge in [0.25, 0.3) is 0 Å². The number of nitrogens with zero attached hydrogens (tertiary/aromatic N) is 2. The van der Waals surface area contributed by atoms with E-state index in [0.717, 1.165) is 66.7 Å². The summed E-state index contributed by atoms with van der Waals surface area (Å²) in [7, 11) is 1.65. The van der Waals surface area contributed by atoms with Gasteiger partial charge in [0, 0.05) is 29.8 Å². The number of aryl methyl sites for hydroxylation is 1. The standard InChI is InChI=1S/C21H27N3O3S/c1-14-22-16(13-28-14)12-24-8-5-15(6-9-24)21(25)23-19-7-10-27-20-4-3-17(26-2)11-18(19)20/h3-4,11,13,15,19H,5-10,12H2,1-2H3,(H,23,25)/t19-/m0/s1. The molecule has 0 spiro atoms. The van der Waals surface area contributed by atoms with Crippen molar-refractivity contribution in [3.05, 3.63) is 39.8 Å². The molecule has 2 aliphatic rings. The first-order valence-corrected chi connectivity index (χ1v) is 10.7. The van der Waals surface area contributed by atoms with Crippen LogP contribution in [0.2, 0.25) is 0 Å². The summed E-state index contributed by atoms with van der Waals surface area (Å²) in [6.45, 7) is 5.41. The third-order valence-electron chi connectivity index (χ3n) is 5.58. The lowest BCUT2D eigenvalue weighted by molar-refractivity contribution is -0.127. The molecule has 3 heterocycles. The number of hydrogen-bond donors (Lipinski definition) is 1. The number of likely N-dealkylation sites (tertiary alicyclic amines) is 1. The Hall–Kier alpha value is -2.12. The fourth-order valence-electron chi connectivity index (χ4n) is 4.00. The lowest BCUT2D eigenvalue weighted by Gasteiger charge is -2.33. The van der Waals surface area contributed by atoms with Crippen LogP contribution in [0.4, 0.5) is 0 Å². The number of hydrogen-bond acceptors (Lipinski definition) is 6. The molecule has 4 rings (SSSR count). The van der Waals surface area contributed by atoms with Gasteiger partial charge in [-0.05, 0) is 51.1 Å². The highest BCUT2D eigenvalue weighted by atomic mass is 32.1. The Labute approximate surface area is 169 Å². The van der Waals surface area contributed by atoms with E-state index in [-0.39, 0.29) is 17.9 Å². The quantitative estimate of drug-likeness (QED) is 0.833. The Morgan fingerprint density at radius 3 is 2.89 bits per heavy atom. The van der Waals surface area contributed by atoms with Crippen LogP contribution in [0.25, 0.3) is 0 Å². The van der Waals surface area contributed by atoms with Gasteiger partial charge in [-0.2, -0.15) is 0 Å². The molecular weight excluding hydrogens is 374 g/mol. The molecule has 2 aromatic rings. The van der Waals surface area contributed by atoms with Crippen LogP contribution in [0.3, 0.4) is 0 Å². The summed E-state index contributed by atoms with van der Waals surface area (Å²) in [5.74, 6) is 1.86. The highest BCUT2D eigenvalue weighted by Gasteiger charge is 2.29. The molecule has 1 atom stereocenters. The first-order chi connectivity index (χ1) is 13.6. The summed E-state index contributed by atoms with van der Waals surface area (Å²) in [5.41, 5.74) is 2.15. The molecule has 0 aliphatic carbocycles. The van der Waals surface area contributed by atoms with Gasteiger partial charge >= 0.3 is 0 Å². The van der Waals surface area contributed by atoms with Gasteiger partial charge in [0.05, 0.1) is 30.5 Å². The van der Waals surface area contributed by atoms with Crippen molar-refractivity contribution in [3.63, 3.8) is 0 Å². The minimum Gasteiger partial charge on any atom is -0.497 e. The summed E-state index contributed by atoms with van der Waals surface area (Å²) in [4.78, 5) is 19.8. The van der Waals surface area contributed by atoms with Crippen molar-refractivity contribution in [1.29, 1.82) is 0 Å². The maximum absolute atomic E-state index is 12.9. The van der Waals surface area contributed by atoms with Gasteiger partial charge in [-0.3, -0.25) is 9.69 Å². The Balaban J connectivity index is 1.33. The summed E-state index contributed by atoms with van der Waals surface area (Å²) in [5, 5.41) is 6.50. The van der Waals surface area contributed by atoms with Crippen molar-refractivity contribution in [1.82, 2.24) is 15.2 Å². The van der Waals surface area contributed by atoms with Crippen LogP contribution in [-0.4, -0.2) is 42.6 Å². The number of carbonyl (C=O) groups is 1. The van der Waals surface area contributed by atoms with Gasteiger partial charge < -0.3 is 14.8 Å². The average molecular weight is 402 g/mol. The van der Waals surface area contributed by atoms with Crippen molar-refractivity contribution in [2.45, 2.75) is 38.8 Å². The number of nitrogens with one attached hydrogen (secondary N) is 1. The second-order valence-electron chi connectivity index (χ2n) is 7.51. The number of methoxy groups -OCH3 is 1. The van der Waals surface area contributed by atoms with E-state index in [1.165, 1.54) is 0 Å². The smallest absolute Gasteiger partial charge is 0.223 e. The van der Waals surface area contributed by atoms with Gasteiger partial charge in [0.15, 0.2) is 0 Å². The molecule has 1 fully saturated rings. The van der Waals surface area contributed by atoms with E-state index in [1.54, 1.807) is 18.4 Å². The van der Waals surface area contributed by atoms with Crippen LogP contribution in [0, 0.1) is 12.8 Å². The molecule has 0 bridgehead atoms. The number of carbonyl (C=O) groups excluding carboxylic acids is 1. The van der Waals surface area contributed by atoms with Crippen molar-refractivity contribution in [2.75, 3.05) is 26.8 Å². The molecule has 150 valence electrons. The van der Waals surface area contributed by atoms with Crippen LogP contribution in [0.1, 0.15) is 41.6 Å². The van der Waals surface area contributed by atoms with Gasteiger partial charge in [-0.1, -0.05) is 0 Å².